The number of benzene rings is 1. The van der Waals surface area contributed by atoms with Crippen LogP contribution in [-0.2, 0) is 6.42 Å². The summed E-state index contributed by atoms with van der Waals surface area (Å²) < 4.78 is 14.7. The number of rotatable bonds is 4. The molecule has 1 aromatic carbocycles. The normalized spacial score (nSPS) is 18.1. The number of hydrogen-bond donors (Lipinski definition) is 1. The van der Waals surface area contributed by atoms with Gasteiger partial charge in [-0.3, -0.25) is 4.99 Å². The molecule has 5 nitrogen and oxygen atoms in total. The zero-order chi connectivity index (χ0) is 16.9. The minimum atomic E-state index is -0.247. The second-order valence-corrected chi connectivity index (χ2v) is 6.41. The highest BCUT2D eigenvalue weighted by molar-refractivity contribution is 14.0. The molecule has 2 aromatic rings. The topological polar surface area (TPSA) is 59.4 Å². The molecule has 0 amide bonds. The van der Waals surface area contributed by atoms with Crippen LogP contribution in [0.4, 0.5) is 4.39 Å². The van der Waals surface area contributed by atoms with E-state index in [2.05, 4.69) is 21.9 Å². The van der Waals surface area contributed by atoms with Gasteiger partial charge in [-0.05, 0) is 49.1 Å². The monoisotopic (exact) mass is 457 g/mol. The van der Waals surface area contributed by atoms with Gasteiger partial charge in [0.1, 0.15) is 5.82 Å². The Balaban J connectivity index is 0.00000225. The third-order valence-corrected chi connectivity index (χ3v) is 4.36. The van der Waals surface area contributed by atoms with E-state index in [0.717, 1.165) is 30.9 Å². The minimum absolute atomic E-state index is 0. The lowest BCUT2D eigenvalue weighted by atomic mass is 10.0. The molecule has 1 aromatic heterocycles. The van der Waals surface area contributed by atoms with Crippen molar-refractivity contribution >= 4 is 29.9 Å². The average molecular weight is 457 g/mol. The van der Waals surface area contributed by atoms with Gasteiger partial charge in [0, 0.05) is 32.3 Å². The quantitative estimate of drug-likeness (QED) is 0.436. The van der Waals surface area contributed by atoms with Gasteiger partial charge in [0.05, 0.1) is 11.4 Å². The molecule has 1 unspecified atom stereocenters. The van der Waals surface area contributed by atoms with Crippen molar-refractivity contribution in [1.29, 1.82) is 0 Å². The van der Waals surface area contributed by atoms with Crippen molar-refractivity contribution in [3.63, 3.8) is 0 Å². The number of aromatic nitrogens is 2. The molecule has 1 aliphatic heterocycles. The number of likely N-dealkylation sites (tertiary alicyclic amines) is 1. The van der Waals surface area contributed by atoms with Crippen LogP contribution in [-0.4, -0.2) is 40.3 Å². The van der Waals surface area contributed by atoms with Crippen molar-refractivity contribution < 1.29 is 4.39 Å². The lowest BCUT2D eigenvalue weighted by Gasteiger charge is -2.31. The van der Waals surface area contributed by atoms with Crippen LogP contribution in [0.3, 0.4) is 0 Å². The highest BCUT2D eigenvalue weighted by Gasteiger charge is 2.17. The van der Waals surface area contributed by atoms with Gasteiger partial charge in [0.25, 0.3) is 0 Å². The van der Waals surface area contributed by atoms with E-state index in [1.165, 1.54) is 25.0 Å². The highest BCUT2D eigenvalue weighted by Crippen LogP contribution is 2.15. The maximum atomic E-state index is 13.0. The number of halogens is 2. The maximum Gasteiger partial charge on any atom is 0.191 e. The summed E-state index contributed by atoms with van der Waals surface area (Å²) in [5.74, 6) is 1.07. The smallest absolute Gasteiger partial charge is 0.191 e. The van der Waals surface area contributed by atoms with Gasteiger partial charge in [-0.2, -0.15) is 5.10 Å². The fourth-order valence-corrected chi connectivity index (χ4v) is 3.02. The van der Waals surface area contributed by atoms with Crippen molar-refractivity contribution in [3.8, 4) is 5.69 Å². The van der Waals surface area contributed by atoms with Gasteiger partial charge in [0.15, 0.2) is 5.96 Å². The van der Waals surface area contributed by atoms with E-state index in [9.17, 15) is 4.39 Å². The van der Waals surface area contributed by atoms with Crippen LogP contribution < -0.4 is 5.73 Å². The standard InChI is InChI=1S/C18H24FN5.HI/c1-14-3-2-11-23(13-14)18(20)21-10-8-16-9-12-24(22-16)17-6-4-15(19)5-7-17;/h4-7,9,12,14H,2-3,8,10-11,13H2,1H3,(H2,20,21);1H. The highest BCUT2D eigenvalue weighted by atomic mass is 127. The van der Waals surface area contributed by atoms with E-state index < -0.39 is 0 Å². The predicted molar refractivity (Wildman–Crippen MR) is 109 cm³/mol. The first-order valence-corrected chi connectivity index (χ1v) is 8.47. The molecular formula is C18H25FIN5. The molecule has 25 heavy (non-hydrogen) atoms. The molecule has 1 fully saturated rings. The summed E-state index contributed by atoms with van der Waals surface area (Å²) in [6, 6.07) is 8.24. The van der Waals surface area contributed by atoms with Crippen LogP contribution in [0, 0.1) is 11.7 Å². The van der Waals surface area contributed by atoms with Gasteiger partial charge in [-0.1, -0.05) is 6.92 Å². The minimum Gasteiger partial charge on any atom is -0.370 e. The molecule has 0 aliphatic carbocycles. The number of aliphatic imine (C=N–C) groups is 1. The number of nitrogens with two attached hydrogens (primary N) is 1. The summed E-state index contributed by atoms with van der Waals surface area (Å²) >= 11 is 0. The van der Waals surface area contributed by atoms with E-state index in [1.807, 2.05) is 12.3 Å². The summed E-state index contributed by atoms with van der Waals surface area (Å²) in [4.78, 5) is 6.66. The Bertz CT molecular complexity index is 698. The molecule has 0 bridgehead atoms. The second-order valence-electron chi connectivity index (χ2n) is 6.41. The molecule has 3 rings (SSSR count). The van der Waals surface area contributed by atoms with Crippen LogP contribution in [0.5, 0.6) is 0 Å². The third kappa shape index (κ3) is 5.42. The van der Waals surface area contributed by atoms with Gasteiger partial charge in [-0.15, -0.1) is 24.0 Å². The van der Waals surface area contributed by atoms with Crippen LogP contribution in [0.25, 0.3) is 5.69 Å². The molecule has 0 spiro atoms. The summed E-state index contributed by atoms with van der Waals surface area (Å²) in [6.45, 7) is 4.87. The predicted octanol–water partition coefficient (Wildman–Crippen LogP) is 3.22. The van der Waals surface area contributed by atoms with Crippen molar-refractivity contribution in [1.82, 2.24) is 14.7 Å². The molecule has 0 saturated carbocycles. The Kier molecular flexibility index (Phi) is 7.22. The molecule has 7 heteroatoms. The van der Waals surface area contributed by atoms with E-state index >= 15 is 0 Å². The SMILES string of the molecule is CC1CCCN(C(N)=NCCc2ccn(-c3ccc(F)cc3)n2)C1.I. The number of hydrogen-bond acceptors (Lipinski definition) is 2. The zero-order valence-corrected chi connectivity index (χ0v) is 16.8. The lowest BCUT2D eigenvalue weighted by molar-refractivity contribution is 0.270. The largest absolute Gasteiger partial charge is 0.370 e. The lowest BCUT2D eigenvalue weighted by Crippen LogP contribution is -2.43. The Morgan fingerprint density at radius 2 is 2.08 bits per heavy atom. The van der Waals surface area contributed by atoms with Crippen LogP contribution in [0.15, 0.2) is 41.5 Å². The Morgan fingerprint density at radius 1 is 1.32 bits per heavy atom. The molecule has 1 atom stereocenters. The molecular weight excluding hydrogens is 432 g/mol. The molecule has 2 N–H and O–H groups in total. The second kappa shape index (κ2) is 9.17. The van der Waals surface area contributed by atoms with Gasteiger partial charge < -0.3 is 10.6 Å². The summed E-state index contributed by atoms with van der Waals surface area (Å²) in [5.41, 5.74) is 7.89. The third-order valence-electron chi connectivity index (χ3n) is 4.36. The van der Waals surface area contributed by atoms with E-state index in [0.29, 0.717) is 18.4 Å². The van der Waals surface area contributed by atoms with Crippen LogP contribution in [0.1, 0.15) is 25.5 Å². The average Bonchev–Trinajstić information content (AvgIpc) is 3.04. The zero-order valence-electron chi connectivity index (χ0n) is 14.4. The molecule has 136 valence electrons. The van der Waals surface area contributed by atoms with Crippen molar-refractivity contribution in [3.05, 3.63) is 48.0 Å². The van der Waals surface area contributed by atoms with Gasteiger partial charge in [0.2, 0.25) is 0 Å². The first-order chi connectivity index (χ1) is 11.6. The number of guanidine groups is 1. The van der Waals surface area contributed by atoms with Gasteiger partial charge >= 0.3 is 0 Å². The molecule has 2 heterocycles. The first kappa shape index (κ1) is 19.7. The summed E-state index contributed by atoms with van der Waals surface area (Å²) in [5, 5.41) is 4.50. The Morgan fingerprint density at radius 3 is 2.80 bits per heavy atom. The summed E-state index contributed by atoms with van der Waals surface area (Å²) in [7, 11) is 0. The van der Waals surface area contributed by atoms with Gasteiger partial charge in [-0.25, -0.2) is 9.07 Å². The maximum absolute atomic E-state index is 13.0. The molecule has 0 radical (unpaired) electrons. The first-order valence-electron chi connectivity index (χ1n) is 8.47. The van der Waals surface area contributed by atoms with Crippen LogP contribution >= 0.6 is 24.0 Å². The van der Waals surface area contributed by atoms with Crippen molar-refractivity contribution in [2.24, 2.45) is 16.6 Å². The molecule has 1 saturated heterocycles. The summed E-state index contributed by atoms with van der Waals surface area (Å²) in [6.07, 6.45) is 5.06. The Labute approximate surface area is 165 Å². The number of piperidine rings is 1. The molecule has 1 aliphatic rings. The Hall–Kier alpha value is -1.64. The fourth-order valence-electron chi connectivity index (χ4n) is 3.02. The fraction of sp³-hybridized carbons (Fsp3) is 0.444. The number of nitrogens with zero attached hydrogens (tertiary/aromatic N) is 4. The van der Waals surface area contributed by atoms with Crippen molar-refractivity contribution in [2.45, 2.75) is 26.2 Å². The van der Waals surface area contributed by atoms with E-state index in [-0.39, 0.29) is 29.8 Å². The van der Waals surface area contributed by atoms with Crippen LogP contribution in [0.2, 0.25) is 0 Å². The van der Waals surface area contributed by atoms with E-state index in [4.69, 9.17) is 5.73 Å². The van der Waals surface area contributed by atoms with Crippen molar-refractivity contribution in [2.75, 3.05) is 19.6 Å². The van der Waals surface area contributed by atoms with E-state index in [1.54, 1.807) is 16.8 Å².